The fourth-order valence-corrected chi connectivity index (χ4v) is 3.91. The molecule has 0 radical (unpaired) electrons. The van der Waals surface area contributed by atoms with Crippen LogP contribution in [0.2, 0.25) is 0 Å². The molecule has 7 nitrogen and oxygen atoms in total. The first-order valence-corrected chi connectivity index (χ1v) is 10.8. The van der Waals surface area contributed by atoms with Crippen LogP contribution in [0.1, 0.15) is 27.6 Å². The molecule has 3 aromatic carbocycles. The Balaban J connectivity index is 1.47. The Hall–Kier alpha value is -3.75. The monoisotopic (exact) mass is 464 g/mol. The van der Waals surface area contributed by atoms with Gasteiger partial charge in [-0.1, -0.05) is 24.3 Å². The van der Waals surface area contributed by atoms with Gasteiger partial charge in [0.25, 0.3) is 5.91 Å². The molecule has 8 heteroatoms. The van der Waals surface area contributed by atoms with Crippen molar-refractivity contribution in [2.45, 2.75) is 18.7 Å². The molecule has 1 aliphatic heterocycles. The van der Waals surface area contributed by atoms with Gasteiger partial charge in [-0.25, -0.2) is 4.39 Å². The van der Waals surface area contributed by atoms with Gasteiger partial charge in [-0.05, 0) is 59.7 Å². The van der Waals surface area contributed by atoms with Gasteiger partial charge < -0.3 is 24.8 Å². The van der Waals surface area contributed by atoms with E-state index < -0.39 is 18.0 Å². The number of methoxy groups -OCH3 is 1. The number of ether oxygens (including phenoxy) is 2. The first-order chi connectivity index (χ1) is 16.5. The number of amides is 2. The number of carbonyl (C=O) groups excluding carboxylic acids is 2. The zero-order chi connectivity index (χ0) is 24.1. The van der Waals surface area contributed by atoms with Crippen LogP contribution in [0.3, 0.4) is 0 Å². The van der Waals surface area contributed by atoms with Crippen LogP contribution in [0.4, 0.5) is 10.1 Å². The second kappa shape index (κ2) is 10.5. The number of nitrogens with one attached hydrogen (secondary N) is 1. The van der Waals surface area contributed by atoms with E-state index in [-0.39, 0.29) is 25.0 Å². The normalized spacial score (nSPS) is 18.0. The fourth-order valence-electron chi connectivity index (χ4n) is 3.91. The lowest BCUT2D eigenvalue weighted by Gasteiger charge is -2.40. The summed E-state index contributed by atoms with van der Waals surface area (Å²) < 4.78 is 24.0. The van der Waals surface area contributed by atoms with Gasteiger partial charge in [0.2, 0.25) is 5.91 Å². The van der Waals surface area contributed by atoms with Crippen molar-refractivity contribution >= 4 is 17.5 Å². The Morgan fingerprint density at radius 1 is 1.09 bits per heavy atom. The fraction of sp³-hybridized carbons (Fsp3) is 0.231. The van der Waals surface area contributed by atoms with Gasteiger partial charge in [0.15, 0.2) is 0 Å². The van der Waals surface area contributed by atoms with E-state index in [1.807, 2.05) is 24.3 Å². The Labute approximate surface area is 196 Å². The van der Waals surface area contributed by atoms with Gasteiger partial charge in [0.05, 0.1) is 19.8 Å². The number of benzene rings is 3. The minimum atomic E-state index is -0.567. The van der Waals surface area contributed by atoms with E-state index in [0.717, 1.165) is 16.9 Å². The van der Waals surface area contributed by atoms with Crippen LogP contribution < -0.4 is 10.1 Å². The number of hydrogen-bond acceptors (Lipinski definition) is 5. The quantitative estimate of drug-likeness (QED) is 0.559. The van der Waals surface area contributed by atoms with Crippen molar-refractivity contribution in [1.82, 2.24) is 4.90 Å². The topological polar surface area (TPSA) is 88.1 Å². The molecule has 1 fully saturated rings. The van der Waals surface area contributed by atoms with Gasteiger partial charge in [-0.3, -0.25) is 9.59 Å². The maximum atomic E-state index is 13.1. The molecule has 34 heavy (non-hydrogen) atoms. The van der Waals surface area contributed by atoms with Crippen LogP contribution >= 0.6 is 0 Å². The summed E-state index contributed by atoms with van der Waals surface area (Å²) in [5, 5.41) is 12.9. The van der Waals surface area contributed by atoms with Crippen LogP contribution in [0, 0.1) is 5.82 Å². The average Bonchev–Trinajstić information content (AvgIpc) is 2.86. The smallest absolute Gasteiger partial charge is 0.255 e. The average molecular weight is 464 g/mol. The van der Waals surface area contributed by atoms with Crippen LogP contribution in [0.15, 0.2) is 72.8 Å². The predicted octanol–water partition coefficient (Wildman–Crippen LogP) is 3.55. The van der Waals surface area contributed by atoms with Crippen molar-refractivity contribution in [3.8, 4) is 5.75 Å². The molecule has 0 aromatic heterocycles. The number of halogens is 1. The van der Waals surface area contributed by atoms with Crippen LogP contribution in [-0.2, 0) is 16.1 Å². The van der Waals surface area contributed by atoms with Gasteiger partial charge >= 0.3 is 0 Å². The number of anilines is 1. The van der Waals surface area contributed by atoms with Crippen molar-refractivity contribution < 1.29 is 28.6 Å². The molecule has 176 valence electrons. The Morgan fingerprint density at radius 3 is 2.38 bits per heavy atom. The third-order valence-electron chi connectivity index (χ3n) is 5.76. The Morgan fingerprint density at radius 2 is 1.76 bits per heavy atom. The summed E-state index contributed by atoms with van der Waals surface area (Å²) >= 11 is 0. The van der Waals surface area contributed by atoms with E-state index in [2.05, 4.69) is 5.32 Å². The number of aliphatic hydroxyl groups excluding tert-OH is 1. The molecule has 0 spiro atoms. The summed E-state index contributed by atoms with van der Waals surface area (Å²) in [6.45, 7) is -0.0320. The summed E-state index contributed by atoms with van der Waals surface area (Å²) in [6.07, 6.45) is -0.525. The molecule has 2 unspecified atom stereocenters. The Bertz CT molecular complexity index is 1130. The molecule has 1 heterocycles. The number of hydrogen-bond donors (Lipinski definition) is 2. The molecule has 0 saturated carbocycles. The zero-order valence-electron chi connectivity index (χ0n) is 18.6. The molecule has 2 atom stereocenters. The molecule has 3 aromatic rings. The molecule has 4 rings (SSSR count). The lowest BCUT2D eigenvalue weighted by Crippen LogP contribution is -2.52. The molecule has 2 N–H and O–H groups in total. The molecular formula is C26H25FN2O5. The molecule has 2 amide bonds. The Kier molecular flexibility index (Phi) is 7.20. The van der Waals surface area contributed by atoms with Crippen molar-refractivity contribution in [3.63, 3.8) is 0 Å². The number of aliphatic hydroxyl groups is 1. The second-order valence-corrected chi connectivity index (χ2v) is 7.93. The van der Waals surface area contributed by atoms with Crippen molar-refractivity contribution in [3.05, 3.63) is 95.3 Å². The number of morpholine rings is 1. The molecule has 0 bridgehead atoms. The summed E-state index contributed by atoms with van der Waals surface area (Å²) in [5.41, 5.74) is 2.58. The van der Waals surface area contributed by atoms with Gasteiger partial charge in [0.1, 0.15) is 24.3 Å². The summed E-state index contributed by atoms with van der Waals surface area (Å²) in [6, 6.07) is 19.1. The molecule has 1 aliphatic rings. The first kappa shape index (κ1) is 23.4. The predicted molar refractivity (Wildman–Crippen MR) is 124 cm³/mol. The minimum Gasteiger partial charge on any atom is -0.497 e. The standard InChI is InChI=1S/C26H25FN2O5/c1-33-22-12-2-17(3-13-22)14-29-23(15-30)25(34-16-24(29)31)18-6-10-21(11-7-18)28-26(32)19-4-8-20(27)9-5-19/h2-13,23,25,30H,14-16H2,1H3,(H,28,32). The number of rotatable bonds is 7. The van der Waals surface area contributed by atoms with E-state index in [1.165, 1.54) is 24.3 Å². The van der Waals surface area contributed by atoms with Crippen molar-refractivity contribution in [2.75, 3.05) is 25.6 Å². The van der Waals surface area contributed by atoms with Gasteiger partial charge in [-0.2, -0.15) is 0 Å². The summed E-state index contributed by atoms with van der Waals surface area (Å²) in [4.78, 5) is 26.6. The van der Waals surface area contributed by atoms with Gasteiger partial charge in [-0.15, -0.1) is 0 Å². The van der Waals surface area contributed by atoms with Gasteiger partial charge in [0, 0.05) is 17.8 Å². The molecular weight excluding hydrogens is 439 g/mol. The third-order valence-corrected chi connectivity index (χ3v) is 5.76. The van der Waals surface area contributed by atoms with E-state index >= 15 is 0 Å². The highest BCUT2D eigenvalue weighted by Gasteiger charge is 2.37. The molecule has 1 saturated heterocycles. The van der Waals surface area contributed by atoms with E-state index in [9.17, 15) is 19.1 Å². The van der Waals surface area contributed by atoms with Crippen molar-refractivity contribution in [2.24, 2.45) is 0 Å². The summed E-state index contributed by atoms with van der Waals surface area (Å²) in [7, 11) is 1.59. The highest BCUT2D eigenvalue weighted by Crippen LogP contribution is 2.31. The zero-order valence-corrected chi connectivity index (χ0v) is 18.6. The summed E-state index contributed by atoms with van der Waals surface area (Å²) in [5.74, 6) is -0.243. The van der Waals surface area contributed by atoms with E-state index in [0.29, 0.717) is 17.8 Å². The van der Waals surface area contributed by atoms with Crippen molar-refractivity contribution in [1.29, 1.82) is 0 Å². The maximum absolute atomic E-state index is 13.1. The number of nitrogens with zero attached hydrogens (tertiary/aromatic N) is 1. The lowest BCUT2D eigenvalue weighted by molar-refractivity contribution is -0.162. The third kappa shape index (κ3) is 5.24. The van der Waals surface area contributed by atoms with E-state index in [4.69, 9.17) is 9.47 Å². The van der Waals surface area contributed by atoms with Crippen LogP contribution in [0.25, 0.3) is 0 Å². The largest absolute Gasteiger partial charge is 0.497 e. The maximum Gasteiger partial charge on any atom is 0.255 e. The highest BCUT2D eigenvalue weighted by atomic mass is 19.1. The minimum absolute atomic E-state index is 0.0968. The second-order valence-electron chi connectivity index (χ2n) is 7.93. The van der Waals surface area contributed by atoms with Crippen LogP contribution in [-0.4, -0.2) is 48.2 Å². The lowest BCUT2D eigenvalue weighted by atomic mass is 9.98. The number of carbonyl (C=O) groups is 2. The van der Waals surface area contributed by atoms with E-state index in [1.54, 1.807) is 36.3 Å². The highest BCUT2D eigenvalue weighted by molar-refractivity contribution is 6.04. The SMILES string of the molecule is COc1ccc(CN2C(=O)COC(c3ccc(NC(=O)c4ccc(F)cc4)cc3)C2CO)cc1. The molecule has 0 aliphatic carbocycles. The first-order valence-electron chi connectivity index (χ1n) is 10.8. The van der Waals surface area contributed by atoms with Crippen LogP contribution in [0.5, 0.6) is 5.75 Å².